The quantitative estimate of drug-likeness (QED) is 0.752. The first-order valence-electron chi connectivity index (χ1n) is 3.91. The molecule has 1 aliphatic carbocycles. The molecule has 0 aliphatic heterocycles. The third-order valence-electron chi connectivity index (χ3n) is 2.37. The van der Waals surface area contributed by atoms with E-state index < -0.39 is 0 Å². The van der Waals surface area contributed by atoms with Gasteiger partial charge in [-0.25, -0.2) is 0 Å². The van der Waals surface area contributed by atoms with E-state index >= 15 is 0 Å². The Labute approximate surface area is 75.1 Å². The van der Waals surface area contributed by atoms with Crippen molar-refractivity contribution in [3.05, 3.63) is 21.9 Å². The summed E-state index contributed by atoms with van der Waals surface area (Å²) in [5.41, 5.74) is 0.815. The maximum absolute atomic E-state index is 8.99. The molecule has 1 N–H and O–H groups in total. The monoisotopic (exact) mass is 179 g/mol. The molecule has 0 bridgehead atoms. The normalized spacial score (nSPS) is 18.7. The molecule has 1 saturated carbocycles. The Morgan fingerprint density at radius 1 is 1.67 bits per heavy atom. The zero-order valence-corrected chi connectivity index (χ0v) is 7.40. The van der Waals surface area contributed by atoms with Crippen LogP contribution in [0.15, 0.2) is 11.4 Å². The average molecular weight is 179 g/mol. The Morgan fingerprint density at radius 2 is 2.42 bits per heavy atom. The van der Waals surface area contributed by atoms with Gasteiger partial charge in [0.1, 0.15) is 0 Å². The Kier molecular flexibility index (Phi) is 1.67. The molecular formula is C9H9NOS. The second-order valence-corrected chi connectivity index (χ2v) is 4.11. The fraction of sp³-hybridized carbons (Fsp3) is 0.444. The van der Waals surface area contributed by atoms with Crippen LogP contribution in [0.5, 0.6) is 0 Å². The van der Waals surface area contributed by atoms with Crippen molar-refractivity contribution < 1.29 is 5.11 Å². The molecule has 2 nitrogen and oxygen atoms in total. The van der Waals surface area contributed by atoms with Crippen molar-refractivity contribution in [1.82, 2.24) is 0 Å². The summed E-state index contributed by atoms with van der Waals surface area (Å²) in [6.45, 7) is 0.0659. The predicted octanol–water partition coefficient (Wildman–Crippen LogP) is 1.80. The highest BCUT2D eigenvalue weighted by Crippen LogP contribution is 2.49. The number of nitriles is 1. The highest BCUT2D eigenvalue weighted by atomic mass is 32.1. The van der Waals surface area contributed by atoms with Crippen LogP contribution < -0.4 is 0 Å². The lowest BCUT2D eigenvalue weighted by atomic mass is 9.99. The Hall–Kier alpha value is -0.850. The maximum atomic E-state index is 8.99. The van der Waals surface area contributed by atoms with Crippen LogP contribution in [0, 0.1) is 11.3 Å². The second-order valence-electron chi connectivity index (χ2n) is 3.11. The molecule has 1 heterocycles. The number of rotatable bonds is 2. The van der Waals surface area contributed by atoms with Crippen molar-refractivity contribution in [3.63, 3.8) is 0 Å². The molecule has 0 radical (unpaired) electrons. The summed E-state index contributed by atoms with van der Waals surface area (Å²) >= 11 is 1.53. The van der Waals surface area contributed by atoms with Gasteiger partial charge in [-0.05, 0) is 29.9 Å². The minimum atomic E-state index is -0.238. The zero-order valence-electron chi connectivity index (χ0n) is 6.58. The largest absolute Gasteiger partial charge is 0.391 e. The zero-order chi connectivity index (χ0) is 8.60. The molecular weight excluding hydrogens is 170 g/mol. The molecule has 2 rings (SSSR count). The standard InChI is InChI=1S/C9H9NOS/c10-6-9(2-3-9)7-1-4-12-8(7)5-11/h1,4,11H,2-3,5H2. The van der Waals surface area contributed by atoms with Gasteiger partial charge in [0.05, 0.1) is 18.1 Å². The lowest BCUT2D eigenvalue weighted by Gasteiger charge is -2.04. The van der Waals surface area contributed by atoms with Crippen LogP contribution >= 0.6 is 11.3 Å². The van der Waals surface area contributed by atoms with Gasteiger partial charge in [0.15, 0.2) is 0 Å². The van der Waals surface area contributed by atoms with Gasteiger partial charge in [0.2, 0.25) is 0 Å². The Bertz CT molecular complexity index is 333. The van der Waals surface area contributed by atoms with Gasteiger partial charge in [-0.3, -0.25) is 0 Å². The van der Waals surface area contributed by atoms with E-state index in [4.69, 9.17) is 10.4 Å². The van der Waals surface area contributed by atoms with Gasteiger partial charge in [-0.2, -0.15) is 5.26 Å². The molecule has 1 aromatic heterocycles. The highest BCUT2D eigenvalue weighted by Gasteiger charge is 2.46. The minimum absolute atomic E-state index is 0.0659. The molecule has 0 unspecified atom stereocenters. The van der Waals surface area contributed by atoms with Crippen molar-refractivity contribution in [3.8, 4) is 6.07 Å². The fourth-order valence-electron chi connectivity index (χ4n) is 1.46. The van der Waals surface area contributed by atoms with Gasteiger partial charge in [0.25, 0.3) is 0 Å². The molecule has 0 atom stereocenters. The van der Waals surface area contributed by atoms with Crippen LogP contribution in [0.1, 0.15) is 23.3 Å². The maximum Gasteiger partial charge on any atom is 0.0835 e. The average Bonchev–Trinajstić information content (AvgIpc) is 2.76. The van der Waals surface area contributed by atoms with E-state index in [-0.39, 0.29) is 12.0 Å². The van der Waals surface area contributed by atoms with E-state index in [1.54, 1.807) is 0 Å². The summed E-state index contributed by atoms with van der Waals surface area (Å²) in [5.74, 6) is 0. The third kappa shape index (κ3) is 0.961. The smallest absolute Gasteiger partial charge is 0.0835 e. The van der Waals surface area contributed by atoms with E-state index in [1.165, 1.54) is 11.3 Å². The summed E-state index contributed by atoms with van der Waals surface area (Å²) in [7, 11) is 0. The first-order chi connectivity index (χ1) is 5.82. The van der Waals surface area contributed by atoms with Crippen LogP contribution in [0.3, 0.4) is 0 Å². The lowest BCUT2D eigenvalue weighted by molar-refractivity contribution is 0.284. The molecule has 1 fully saturated rings. The van der Waals surface area contributed by atoms with E-state index in [1.807, 2.05) is 11.4 Å². The molecule has 0 aromatic carbocycles. The van der Waals surface area contributed by atoms with Gasteiger partial charge < -0.3 is 5.11 Å². The molecule has 0 saturated heterocycles. The van der Waals surface area contributed by atoms with Gasteiger partial charge in [0, 0.05) is 4.88 Å². The van der Waals surface area contributed by atoms with Crippen molar-refractivity contribution in [2.24, 2.45) is 0 Å². The lowest BCUT2D eigenvalue weighted by Crippen LogP contribution is -2.03. The summed E-state index contributed by atoms with van der Waals surface area (Å²) in [4.78, 5) is 0.953. The molecule has 3 heteroatoms. The molecule has 12 heavy (non-hydrogen) atoms. The van der Waals surface area contributed by atoms with E-state index in [2.05, 4.69) is 6.07 Å². The summed E-state index contributed by atoms with van der Waals surface area (Å²) < 4.78 is 0. The minimum Gasteiger partial charge on any atom is -0.391 e. The molecule has 62 valence electrons. The summed E-state index contributed by atoms with van der Waals surface area (Å²) in [6.07, 6.45) is 1.90. The first-order valence-corrected chi connectivity index (χ1v) is 4.79. The SMILES string of the molecule is N#CC1(c2ccsc2CO)CC1. The Balaban J connectivity index is 2.41. The van der Waals surface area contributed by atoms with Crippen molar-refractivity contribution in [1.29, 1.82) is 5.26 Å². The van der Waals surface area contributed by atoms with E-state index in [0.29, 0.717) is 0 Å². The third-order valence-corrected chi connectivity index (χ3v) is 3.27. The van der Waals surface area contributed by atoms with Crippen molar-refractivity contribution >= 4 is 11.3 Å². The van der Waals surface area contributed by atoms with Crippen LogP contribution in [-0.4, -0.2) is 5.11 Å². The number of aliphatic hydroxyl groups excluding tert-OH is 1. The number of hydrogen-bond acceptors (Lipinski definition) is 3. The van der Waals surface area contributed by atoms with Crippen LogP contribution in [-0.2, 0) is 12.0 Å². The fourth-order valence-corrected chi connectivity index (χ4v) is 2.29. The van der Waals surface area contributed by atoms with Crippen LogP contribution in [0.2, 0.25) is 0 Å². The second kappa shape index (κ2) is 2.58. The summed E-state index contributed by atoms with van der Waals surface area (Å²) in [6, 6.07) is 4.29. The van der Waals surface area contributed by atoms with Crippen LogP contribution in [0.4, 0.5) is 0 Å². The first kappa shape index (κ1) is 7.78. The van der Waals surface area contributed by atoms with E-state index in [0.717, 1.165) is 23.3 Å². The van der Waals surface area contributed by atoms with Crippen LogP contribution in [0.25, 0.3) is 0 Å². The van der Waals surface area contributed by atoms with Crippen molar-refractivity contribution in [2.45, 2.75) is 24.9 Å². The number of hydrogen-bond donors (Lipinski definition) is 1. The Morgan fingerprint density at radius 3 is 2.92 bits per heavy atom. The molecule has 1 aromatic rings. The molecule has 0 spiro atoms. The van der Waals surface area contributed by atoms with Crippen molar-refractivity contribution in [2.75, 3.05) is 0 Å². The molecule has 1 aliphatic rings. The number of thiophene rings is 1. The summed E-state index contributed by atoms with van der Waals surface area (Å²) in [5, 5.41) is 19.9. The molecule has 0 amide bonds. The van der Waals surface area contributed by atoms with Gasteiger partial charge in [-0.1, -0.05) is 0 Å². The van der Waals surface area contributed by atoms with Gasteiger partial charge >= 0.3 is 0 Å². The van der Waals surface area contributed by atoms with Gasteiger partial charge in [-0.15, -0.1) is 11.3 Å². The van der Waals surface area contributed by atoms with E-state index in [9.17, 15) is 0 Å². The number of nitrogens with zero attached hydrogens (tertiary/aromatic N) is 1. The number of aliphatic hydroxyl groups is 1. The highest BCUT2D eigenvalue weighted by molar-refractivity contribution is 7.10. The topological polar surface area (TPSA) is 44.0 Å². The predicted molar refractivity (Wildman–Crippen MR) is 46.8 cm³/mol.